The third kappa shape index (κ3) is 35.1. The number of carbonyl (C=O) groups excluding carboxylic acids is 2. The lowest BCUT2D eigenvalue weighted by atomic mass is 9.96. The van der Waals surface area contributed by atoms with E-state index in [-0.39, 0.29) is 30.6 Å². The predicted molar refractivity (Wildman–Crippen MR) is 195 cm³/mol. The first kappa shape index (κ1) is 43.4. The van der Waals surface area contributed by atoms with Crippen LogP contribution in [0.15, 0.2) is 24.3 Å². The Bertz CT molecular complexity index is 650. The van der Waals surface area contributed by atoms with E-state index in [0.717, 1.165) is 25.7 Å². The van der Waals surface area contributed by atoms with Crippen LogP contribution in [-0.2, 0) is 19.1 Å². The minimum Gasteiger partial charge on any atom is -0.465 e. The van der Waals surface area contributed by atoms with Crippen LogP contribution in [0.2, 0.25) is 0 Å². The van der Waals surface area contributed by atoms with Gasteiger partial charge in [-0.05, 0) is 64.2 Å². The minimum absolute atomic E-state index is 0.139. The van der Waals surface area contributed by atoms with Crippen LogP contribution in [0.25, 0.3) is 0 Å². The number of allylic oxidation sites excluding steroid dienone is 4. The summed E-state index contributed by atoms with van der Waals surface area (Å²) in [5, 5.41) is 0. The van der Waals surface area contributed by atoms with Crippen molar-refractivity contribution in [2.45, 2.75) is 207 Å². The molecule has 264 valence electrons. The highest BCUT2D eigenvalue weighted by molar-refractivity contribution is 5.69. The topological polar surface area (TPSA) is 52.6 Å². The number of carbonyl (C=O) groups is 2. The molecule has 0 N–H and O–H groups in total. The molecular weight excluding hydrogens is 556 g/mol. The van der Waals surface area contributed by atoms with Crippen LogP contribution in [0, 0.1) is 5.41 Å². The fourth-order valence-corrected chi connectivity index (χ4v) is 5.42. The highest BCUT2D eigenvalue weighted by Gasteiger charge is 2.22. The Morgan fingerprint density at radius 2 is 0.689 bits per heavy atom. The van der Waals surface area contributed by atoms with Crippen molar-refractivity contribution in [3.05, 3.63) is 24.3 Å². The molecule has 4 heteroatoms. The molecule has 0 bridgehead atoms. The molecule has 0 aromatic heterocycles. The van der Waals surface area contributed by atoms with Crippen LogP contribution < -0.4 is 0 Å². The molecule has 0 unspecified atom stereocenters. The fourth-order valence-electron chi connectivity index (χ4n) is 5.42. The van der Waals surface area contributed by atoms with Crippen molar-refractivity contribution in [3.8, 4) is 0 Å². The van der Waals surface area contributed by atoms with Crippen LogP contribution in [0.1, 0.15) is 207 Å². The molecule has 0 aliphatic carbocycles. The second kappa shape index (κ2) is 33.8. The van der Waals surface area contributed by atoms with Gasteiger partial charge in [-0.15, -0.1) is 0 Å². The fraction of sp³-hybridized carbons (Fsp3) is 0.854. The van der Waals surface area contributed by atoms with E-state index in [0.29, 0.717) is 12.8 Å². The van der Waals surface area contributed by atoms with E-state index < -0.39 is 0 Å². The standard InChI is InChI=1S/C41H76O4/c1-5-7-9-11-13-15-17-19-21-23-25-27-29-31-33-35-39(42)44-37-41(3,4)38-45-40(43)36-34-32-30-28-26-24-22-20-18-16-14-12-10-8-6-2/h19-22H,5-18,23-38H2,1-4H3/b21-19-,22-20+. The summed E-state index contributed by atoms with van der Waals surface area (Å²) in [4.78, 5) is 24.4. The van der Waals surface area contributed by atoms with Crippen molar-refractivity contribution in [2.75, 3.05) is 13.2 Å². The first-order valence-electron chi connectivity index (χ1n) is 19.5. The maximum Gasteiger partial charge on any atom is 0.305 e. The maximum atomic E-state index is 12.2. The second-order valence-corrected chi connectivity index (χ2v) is 14.2. The van der Waals surface area contributed by atoms with Crippen molar-refractivity contribution >= 4 is 11.9 Å². The lowest BCUT2D eigenvalue weighted by Crippen LogP contribution is -2.28. The lowest BCUT2D eigenvalue weighted by Gasteiger charge is -2.23. The smallest absolute Gasteiger partial charge is 0.305 e. The molecule has 0 fully saturated rings. The maximum absolute atomic E-state index is 12.2. The van der Waals surface area contributed by atoms with Gasteiger partial charge < -0.3 is 9.47 Å². The first-order valence-corrected chi connectivity index (χ1v) is 19.5. The average molecular weight is 633 g/mol. The third-order valence-electron chi connectivity index (χ3n) is 8.53. The molecule has 0 radical (unpaired) electrons. The Labute approximate surface area is 281 Å². The molecule has 0 amide bonds. The summed E-state index contributed by atoms with van der Waals surface area (Å²) in [5.74, 6) is -0.277. The Morgan fingerprint density at radius 3 is 1.00 bits per heavy atom. The molecule has 0 saturated carbocycles. The van der Waals surface area contributed by atoms with E-state index in [2.05, 4.69) is 38.2 Å². The molecule has 0 aromatic rings. The SMILES string of the molecule is CCCCCCCC/C=C\CCCCCCCC(=O)OCC(C)(C)COC(=O)CCCCCCC/C=C/CCCCCCCC. The van der Waals surface area contributed by atoms with Gasteiger partial charge in [0, 0.05) is 18.3 Å². The largest absolute Gasteiger partial charge is 0.465 e. The number of ether oxygens (including phenoxy) is 2. The van der Waals surface area contributed by atoms with Gasteiger partial charge in [-0.2, -0.15) is 0 Å². The summed E-state index contributed by atoms with van der Waals surface area (Å²) in [6, 6.07) is 0. The molecular formula is C41H76O4. The van der Waals surface area contributed by atoms with Gasteiger partial charge in [0.1, 0.15) is 0 Å². The summed E-state index contributed by atoms with van der Waals surface area (Å²) in [5.41, 5.74) is -0.365. The number of rotatable bonds is 34. The molecule has 0 atom stereocenters. The first-order chi connectivity index (χ1) is 21.9. The molecule has 0 aliphatic rings. The summed E-state index contributed by atoms with van der Waals surface area (Å²) in [6.07, 6.45) is 42.8. The normalized spacial score (nSPS) is 12.0. The third-order valence-corrected chi connectivity index (χ3v) is 8.53. The van der Waals surface area contributed by atoms with E-state index in [4.69, 9.17) is 9.47 Å². The van der Waals surface area contributed by atoms with Crippen molar-refractivity contribution in [1.82, 2.24) is 0 Å². The molecule has 0 aromatic carbocycles. The van der Waals surface area contributed by atoms with E-state index in [1.54, 1.807) is 0 Å². The Balaban J connectivity index is 3.58. The summed E-state index contributed by atoms with van der Waals surface area (Å²) < 4.78 is 11.0. The van der Waals surface area contributed by atoms with Gasteiger partial charge in [-0.3, -0.25) is 9.59 Å². The average Bonchev–Trinajstić information content (AvgIpc) is 3.03. The van der Waals surface area contributed by atoms with E-state index in [9.17, 15) is 9.59 Å². The highest BCUT2D eigenvalue weighted by atomic mass is 16.5. The van der Waals surface area contributed by atoms with Crippen LogP contribution in [0.3, 0.4) is 0 Å². The van der Waals surface area contributed by atoms with Gasteiger partial charge in [-0.1, -0.05) is 155 Å². The van der Waals surface area contributed by atoms with Crippen LogP contribution in [-0.4, -0.2) is 25.2 Å². The van der Waals surface area contributed by atoms with Crippen LogP contribution >= 0.6 is 0 Å². The summed E-state index contributed by atoms with van der Waals surface area (Å²) in [6.45, 7) is 9.08. The van der Waals surface area contributed by atoms with Gasteiger partial charge in [0.25, 0.3) is 0 Å². The minimum atomic E-state index is -0.365. The zero-order valence-corrected chi connectivity index (χ0v) is 30.7. The van der Waals surface area contributed by atoms with E-state index in [1.807, 2.05) is 13.8 Å². The Morgan fingerprint density at radius 1 is 0.422 bits per heavy atom. The molecule has 0 rings (SSSR count). The Kier molecular flexibility index (Phi) is 32.6. The van der Waals surface area contributed by atoms with Crippen LogP contribution in [0.4, 0.5) is 0 Å². The van der Waals surface area contributed by atoms with Crippen molar-refractivity contribution in [2.24, 2.45) is 5.41 Å². The monoisotopic (exact) mass is 633 g/mol. The van der Waals surface area contributed by atoms with Gasteiger partial charge in [0.05, 0.1) is 13.2 Å². The number of unbranched alkanes of at least 4 members (excludes halogenated alkanes) is 22. The number of hydrogen-bond acceptors (Lipinski definition) is 4. The Hall–Kier alpha value is -1.58. The molecule has 45 heavy (non-hydrogen) atoms. The summed E-state index contributed by atoms with van der Waals surface area (Å²) in [7, 11) is 0. The molecule has 0 saturated heterocycles. The van der Waals surface area contributed by atoms with Gasteiger partial charge in [0.2, 0.25) is 0 Å². The van der Waals surface area contributed by atoms with Gasteiger partial charge >= 0.3 is 11.9 Å². The van der Waals surface area contributed by atoms with Gasteiger partial charge in [0.15, 0.2) is 0 Å². The molecule has 0 heterocycles. The van der Waals surface area contributed by atoms with Crippen molar-refractivity contribution < 1.29 is 19.1 Å². The number of esters is 2. The zero-order valence-electron chi connectivity index (χ0n) is 30.7. The van der Waals surface area contributed by atoms with Gasteiger partial charge in [-0.25, -0.2) is 0 Å². The molecule has 4 nitrogen and oxygen atoms in total. The predicted octanol–water partition coefficient (Wildman–Crippen LogP) is 13.2. The summed E-state index contributed by atoms with van der Waals surface area (Å²) >= 11 is 0. The van der Waals surface area contributed by atoms with Crippen LogP contribution in [0.5, 0.6) is 0 Å². The number of hydrogen-bond donors (Lipinski definition) is 0. The quantitative estimate of drug-likeness (QED) is 0.0402. The second-order valence-electron chi connectivity index (χ2n) is 14.2. The van der Waals surface area contributed by atoms with Crippen molar-refractivity contribution in [3.63, 3.8) is 0 Å². The van der Waals surface area contributed by atoms with Crippen molar-refractivity contribution in [1.29, 1.82) is 0 Å². The van der Waals surface area contributed by atoms with E-state index >= 15 is 0 Å². The highest BCUT2D eigenvalue weighted by Crippen LogP contribution is 2.18. The molecule has 0 aliphatic heterocycles. The molecule has 0 spiro atoms. The lowest BCUT2D eigenvalue weighted by molar-refractivity contribution is -0.152. The zero-order chi connectivity index (χ0) is 33.1. The van der Waals surface area contributed by atoms with E-state index in [1.165, 1.54) is 141 Å².